The molecular formula is C29H27ClF8N10O4. The van der Waals surface area contributed by atoms with Gasteiger partial charge < -0.3 is 30.3 Å². The maximum atomic E-state index is 13.8. The fraction of sp³-hybridized carbons (Fsp3) is 0.241. The molecule has 2 heterocycles. The minimum absolute atomic E-state index is 0.0530. The van der Waals surface area contributed by atoms with Crippen LogP contribution in [0.5, 0.6) is 11.5 Å². The summed E-state index contributed by atoms with van der Waals surface area (Å²) in [4.78, 5) is 40.2. The Balaban J connectivity index is 0.000000288. The van der Waals surface area contributed by atoms with Gasteiger partial charge in [-0.25, -0.2) is 28.3 Å². The van der Waals surface area contributed by atoms with Gasteiger partial charge in [0.25, 0.3) is 0 Å². The minimum Gasteiger partial charge on any atom is -0.406 e. The number of halogens is 9. The van der Waals surface area contributed by atoms with Gasteiger partial charge in [0.2, 0.25) is 11.9 Å². The van der Waals surface area contributed by atoms with Crippen molar-refractivity contribution in [3.63, 3.8) is 0 Å². The highest BCUT2D eigenvalue weighted by Crippen LogP contribution is 2.25. The molecule has 0 bridgehead atoms. The standard InChI is InChI=1S/C17H20F4N6O2.C12H7ClF4N4O2/c1-27(2)9-3-8-22-14-13(18)10-23-15(25-14)26-16(28)24-11-4-6-12(7-5-11)29-17(19,20)21;13-9-8(14)5-18-10(20-9)21-11(22)19-6-1-3-7(4-2-6)23-12(15,16)17/h4-7,10H,3,8-9H2,1-2H3,(H3,22,23,24,25,26,28);1-5H,(H2,18,19,20,21,22). The number of urea groups is 2. The number of hydrogen-bond donors (Lipinski definition) is 5. The van der Waals surface area contributed by atoms with Crippen molar-refractivity contribution in [2.75, 3.05) is 53.8 Å². The Morgan fingerprint density at radius 2 is 1.15 bits per heavy atom. The second-order valence-electron chi connectivity index (χ2n) is 10.1. The number of benzene rings is 2. The largest absolute Gasteiger partial charge is 0.573 e. The Morgan fingerprint density at radius 3 is 1.58 bits per heavy atom. The quantitative estimate of drug-likeness (QED) is 0.0592. The second-order valence-corrected chi connectivity index (χ2v) is 10.5. The Kier molecular flexibility index (Phi) is 14.4. The van der Waals surface area contributed by atoms with Gasteiger partial charge in [0, 0.05) is 17.9 Å². The lowest BCUT2D eigenvalue weighted by molar-refractivity contribution is -0.275. The monoisotopic (exact) mass is 766 g/mol. The van der Waals surface area contributed by atoms with Gasteiger partial charge >= 0.3 is 24.8 Å². The summed E-state index contributed by atoms with van der Waals surface area (Å²) in [5.41, 5.74) is 0.395. The van der Waals surface area contributed by atoms with Crippen LogP contribution in [-0.2, 0) is 0 Å². The molecule has 0 radical (unpaired) electrons. The average Bonchev–Trinajstić information content (AvgIpc) is 3.03. The van der Waals surface area contributed by atoms with Crippen molar-refractivity contribution in [1.82, 2.24) is 24.8 Å². The van der Waals surface area contributed by atoms with E-state index >= 15 is 0 Å². The third kappa shape index (κ3) is 15.4. The smallest absolute Gasteiger partial charge is 0.406 e. The molecule has 0 aliphatic carbocycles. The molecule has 0 aliphatic heterocycles. The summed E-state index contributed by atoms with van der Waals surface area (Å²) in [6, 6.07) is 7.44. The van der Waals surface area contributed by atoms with E-state index in [2.05, 4.69) is 56.0 Å². The van der Waals surface area contributed by atoms with E-state index in [4.69, 9.17) is 11.6 Å². The van der Waals surface area contributed by atoms with Crippen molar-refractivity contribution in [1.29, 1.82) is 0 Å². The second kappa shape index (κ2) is 18.5. The highest BCUT2D eigenvalue weighted by molar-refractivity contribution is 6.29. The van der Waals surface area contributed by atoms with Gasteiger partial charge in [-0.15, -0.1) is 26.3 Å². The first-order chi connectivity index (χ1) is 24.3. The van der Waals surface area contributed by atoms with Crippen molar-refractivity contribution in [2.45, 2.75) is 19.1 Å². The van der Waals surface area contributed by atoms with Gasteiger partial charge in [-0.3, -0.25) is 10.6 Å². The molecule has 0 unspecified atom stereocenters. The van der Waals surface area contributed by atoms with E-state index in [-0.39, 0.29) is 29.1 Å². The van der Waals surface area contributed by atoms with E-state index < -0.39 is 53.1 Å². The molecule has 0 saturated heterocycles. The zero-order valence-electron chi connectivity index (χ0n) is 26.7. The maximum absolute atomic E-state index is 13.8. The molecule has 5 N–H and O–H groups in total. The molecule has 0 saturated carbocycles. The van der Waals surface area contributed by atoms with Crippen LogP contribution in [0.2, 0.25) is 5.15 Å². The number of hydrogen-bond acceptors (Lipinski definition) is 10. The molecule has 0 spiro atoms. The van der Waals surface area contributed by atoms with Crippen LogP contribution in [0.4, 0.5) is 73.8 Å². The van der Waals surface area contributed by atoms with Crippen molar-refractivity contribution >= 4 is 52.8 Å². The van der Waals surface area contributed by atoms with Crippen LogP contribution >= 0.6 is 11.6 Å². The first-order valence-electron chi connectivity index (χ1n) is 14.3. The highest BCUT2D eigenvalue weighted by atomic mass is 35.5. The van der Waals surface area contributed by atoms with Crippen LogP contribution in [0.15, 0.2) is 60.9 Å². The van der Waals surface area contributed by atoms with Gasteiger partial charge in [0.15, 0.2) is 22.6 Å². The van der Waals surface area contributed by atoms with Crippen LogP contribution in [0.25, 0.3) is 0 Å². The number of carbonyl (C=O) groups is 2. The maximum Gasteiger partial charge on any atom is 0.573 e. The van der Waals surface area contributed by atoms with E-state index in [1.54, 1.807) is 0 Å². The molecular weight excluding hydrogens is 740 g/mol. The Morgan fingerprint density at radius 1 is 0.712 bits per heavy atom. The predicted octanol–water partition coefficient (Wildman–Crippen LogP) is 7.33. The van der Waals surface area contributed by atoms with E-state index in [1.807, 2.05) is 19.0 Å². The SMILES string of the molecule is CN(C)CCCNc1nc(NC(=O)Nc2ccc(OC(F)(F)F)cc2)ncc1F.O=C(Nc1ccc(OC(F)(F)F)cc1)Nc1ncc(F)c(Cl)n1. The summed E-state index contributed by atoms with van der Waals surface area (Å²) in [6.07, 6.45) is -7.15. The number of alkyl halides is 6. The summed E-state index contributed by atoms with van der Waals surface area (Å²) >= 11 is 5.42. The Hall–Kier alpha value is -5.77. The molecule has 4 amide bonds. The number of aromatic nitrogens is 4. The minimum atomic E-state index is -4.80. The van der Waals surface area contributed by atoms with Crippen molar-refractivity contribution in [3.8, 4) is 11.5 Å². The molecule has 2 aromatic carbocycles. The van der Waals surface area contributed by atoms with Crippen LogP contribution in [-0.4, -0.2) is 76.8 Å². The van der Waals surface area contributed by atoms with Crippen molar-refractivity contribution in [3.05, 3.63) is 77.7 Å². The molecule has 52 heavy (non-hydrogen) atoms. The topological polar surface area (TPSA) is 168 Å². The summed E-state index contributed by atoms with van der Waals surface area (Å²) in [6.45, 7) is 1.28. The van der Waals surface area contributed by atoms with E-state index in [9.17, 15) is 44.7 Å². The van der Waals surface area contributed by atoms with Gasteiger partial charge in [-0.2, -0.15) is 9.97 Å². The zero-order valence-corrected chi connectivity index (χ0v) is 27.4. The predicted molar refractivity (Wildman–Crippen MR) is 172 cm³/mol. The lowest BCUT2D eigenvalue weighted by Gasteiger charge is -2.12. The van der Waals surface area contributed by atoms with Crippen molar-refractivity contribution in [2.24, 2.45) is 0 Å². The third-order valence-electron chi connectivity index (χ3n) is 5.66. The van der Waals surface area contributed by atoms with Crippen LogP contribution in [0.3, 0.4) is 0 Å². The molecule has 4 aromatic rings. The molecule has 280 valence electrons. The molecule has 0 fully saturated rings. The van der Waals surface area contributed by atoms with E-state index in [1.165, 1.54) is 24.3 Å². The first kappa shape index (κ1) is 40.7. The molecule has 23 heteroatoms. The zero-order chi connectivity index (χ0) is 38.5. The van der Waals surface area contributed by atoms with Crippen molar-refractivity contribution < 1.29 is 54.2 Å². The Labute approximate surface area is 293 Å². The fourth-order valence-corrected chi connectivity index (χ4v) is 3.70. The molecule has 2 aromatic heterocycles. The number of anilines is 5. The number of nitrogens with one attached hydrogen (secondary N) is 5. The molecule has 0 aliphatic rings. The molecule has 14 nitrogen and oxygen atoms in total. The number of amides is 4. The van der Waals surface area contributed by atoms with E-state index in [0.29, 0.717) is 6.54 Å². The normalized spacial score (nSPS) is 11.2. The summed E-state index contributed by atoms with van der Waals surface area (Å²) in [7, 11) is 3.84. The highest BCUT2D eigenvalue weighted by Gasteiger charge is 2.31. The lowest BCUT2D eigenvalue weighted by Crippen LogP contribution is -2.22. The number of rotatable bonds is 11. The van der Waals surface area contributed by atoms with Crippen LogP contribution < -0.4 is 36.1 Å². The summed E-state index contributed by atoms with van der Waals surface area (Å²) in [5, 5.41) is 11.6. The molecule has 4 rings (SSSR count). The van der Waals surface area contributed by atoms with Crippen LogP contribution in [0, 0.1) is 11.6 Å². The average molecular weight is 767 g/mol. The Bertz CT molecular complexity index is 1780. The summed E-state index contributed by atoms with van der Waals surface area (Å²) in [5.74, 6) is -2.81. The first-order valence-corrected chi connectivity index (χ1v) is 14.7. The molecule has 0 atom stereocenters. The number of nitrogens with zero attached hydrogens (tertiary/aromatic N) is 5. The number of ether oxygens (including phenoxy) is 2. The van der Waals surface area contributed by atoms with Gasteiger partial charge in [0.05, 0.1) is 12.4 Å². The van der Waals surface area contributed by atoms with Gasteiger partial charge in [-0.1, -0.05) is 11.6 Å². The fourth-order valence-electron chi connectivity index (χ4n) is 3.57. The van der Waals surface area contributed by atoms with Crippen LogP contribution in [0.1, 0.15) is 6.42 Å². The van der Waals surface area contributed by atoms with Gasteiger partial charge in [-0.05, 0) is 75.6 Å². The third-order valence-corrected chi connectivity index (χ3v) is 5.93. The summed E-state index contributed by atoms with van der Waals surface area (Å²) < 4.78 is 106. The van der Waals surface area contributed by atoms with E-state index in [0.717, 1.165) is 49.6 Å². The number of carbonyl (C=O) groups excluding carboxylic acids is 2. The van der Waals surface area contributed by atoms with Gasteiger partial charge in [0.1, 0.15) is 11.5 Å². The lowest BCUT2D eigenvalue weighted by atomic mass is 10.3.